The van der Waals surface area contributed by atoms with Crippen LogP contribution in [0.4, 0.5) is 0 Å². The molecule has 1 fully saturated rings. The maximum atomic E-state index is 5.86. The van der Waals surface area contributed by atoms with E-state index in [4.69, 9.17) is 14.2 Å². The molecule has 1 rings (SSSR count). The van der Waals surface area contributed by atoms with Crippen LogP contribution in [-0.4, -0.2) is 64.7 Å². The number of nitrogens with one attached hydrogen (secondary N) is 2. The first-order valence-corrected chi connectivity index (χ1v) is 10.2. The minimum absolute atomic E-state index is 0. The van der Waals surface area contributed by atoms with Crippen molar-refractivity contribution < 1.29 is 14.2 Å². The largest absolute Gasteiger partial charge is 0.379 e. The standard InChI is InChI=1S/C19H39N3O3.HI/c1-3-5-13-23-16-17-24-15-12-22-19(20-4-2)21-11-8-14-25-18-9-6-7-10-18;/h18H,3-17H2,1-2H3,(H2,20,21,22);1H. The molecule has 0 radical (unpaired) electrons. The summed E-state index contributed by atoms with van der Waals surface area (Å²) >= 11 is 0. The second-order valence-electron chi connectivity index (χ2n) is 6.40. The molecule has 7 heteroatoms. The molecule has 0 spiro atoms. The van der Waals surface area contributed by atoms with E-state index >= 15 is 0 Å². The number of halogens is 1. The van der Waals surface area contributed by atoms with E-state index in [2.05, 4.69) is 29.5 Å². The molecule has 6 nitrogen and oxygen atoms in total. The fourth-order valence-electron chi connectivity index (χ4n) is 2.71. The minimum Gasteiger partial charge on any atom is -0.379 e. The quantitative estimate of drug-likeness (QED) is 0.161. The fourth-order valence-corrected chi connectivity index (χ4v) is 2.71. The molecule has 0 aromatic heterocycles. The molecule has 0 heterocycles. The minimum atomic E-state index is 0. The highest BCUT2D eigenvalue weighted by atomic mass is 127. The van der Waals surface area contributed by atoms with Crippen molar-refractivity contribution in [1.29, 1.82) is 0 Å². The molecule has 0 saturated heterocycles. The highest BCUT2D eigenvalue weighted by molar-refractivity contribution is 14.0. The molecule has 0 unspecified atom stereocenters. The normalized spacial score (nSPS) is 15.1. The zero-order valence-corrected chi connectivity index (χ0v) is 19.1. The second kappa shape index (κ2) is 19.6. The summed E-state index contributed by atoms with van der Waals surface area (Å²) in [7, 11) is 0. The Morgan fingerprint density at radius 1 is 0.923 bits per heavy atom. The van der Waals surface area contributed by atoms with Crippen LogP contribution in [0.2, 0.25) is 0 Å². The van der Waals surface area contributed by atoms with Crippen molar-refractivity contribution in [2.45, 2.75) is 64.9 Å². The lowest BCUT2D eigenvalue weighted by Crippen LogP contribution is -2.39. The second-order valence-corrected chi connectivity index (χ2v) is 6.40. The third-order valence-corrected chi connectivity index (χ3v) is 4.13. The smallest absolute Gasteiger partial charge is 0.191 e. The first-order chi connectivity index (χ1) is 12.4. The summed E-state index contributed by atoms with van der Waals surface area (Å²) in [5, 5.41) is 6.55. The van der Waals surface area contributed by atoms with Gasteiger partial charge in [-0.2, -0.15) is 0 Å². The van der Waals surface area contributed by atoms with E-state index in [0.717, 1.165) is 51.6 Å². The lowest BCUT2D eigenvalue weighted by atomic mass is 10.3. The molecule has 26 heavy (non-hydrogen) atoms. The van der Waals surface area contributed by atoms with E-state index in [9.17, 15) is 0 Å². The van der Waals surface area contributed by atoms with Crippen molar-refractivity contribution in [3.8, 4) is 0 Å². The number of nitrogens with zero attached hydrogens (tertiary/aromatic N) is 1. The third-order valence-electron chi connectivity index (χ3n) is 4.13. The summed E-state index contributed by atoms with van der Waals surface area (Å²) in [6, 6.07) is 0. The zero-order chi connectivity index (χ0) is 18.0. The van der Waals surface area contributed by atoms with E-state index in [1.165, 1.54) is 32.1 Å². The van der Waals surface area contributed by atoms with Crippen LogP contribution in [-0.2, 0) is 14.2 Å². The van der Waals surface area contributed by atoms with Crippen molar-refractivity contribution in [3.05, 3.63) is 0 Å². The molecular weight excluding hydrogens is 445 g/mol. The van der Waals surface area contributed by atoms with Gasteiger partial charge in [0, 0.05) is 32.8 Å². The van der Waals surface area contributed by atoms with E-state index < -0.39 is 0 Å². The van der Waals surface area contributed by atoms with E-state index in [0.29, 0.717) is 25.9 Å². The summed E-state index contributed by atoms with van der Waals surface area (Å²) in [4.78, 5) is 4.58. The van der Waals surface area contributed by atoms with Gasteiger partial charge in [-0.15, -0.1) is 24.0 Å². The molecule has 1 aliphatic carbocycles. The van der Waals surface area contributed by atoms with Gasteiger partial charge in [-0.25, -0.2) is 0 Å². The Bertz CT molecular complexity index is 327. The van der Waals surface area contributed by atoms with Gasteiger partial charge in [0.2, 0.25) is 0 Å². The van der Waals surface area contributed by atoms with Crippen LogP contribution in [0.25, 0.3) is 0 Å². The molecule has 0 bridgehead atoms. The van der Waals surface area contributed by atoms with Crippen LogP contribution in [0.3, 0.4) is 0 Å². The summed E-state index contributed by atoms with van der Waals surface area (Å²) in [5.41, 5.74) is 0. The molecule has 156 valence electrons. The molecule has 0 aromatic carbocycles. The lowest BCUT2D eigenvalue weighted by molar-refractivity contribution is 0.0487. The van der Waals surface area contributed by atoms with Crippen LogP contribution in [0.15, 0.2) is 4.99 Å². The number of rotatable bonds is 15. The maximum Gasteiger partial charge on any atom is 0.191 e. The van der Waals surface area contributed by atoms with Gasteiger partial charge in [0.1, 0.15) is 0 Å². The number of hydrogen-bond donors (Lipinski definition) is 2. The van der Waals surface area contributed by atoms with Crippen molar-refractivity contribution in [2.75, 3.05) is 52.7 Å². The Hall–Kier alpha value is -0.120. The van der Waals surface area contributed by atoms with Gasteiger partial charge in [0.05, 0.1) is 25.9 Å². The van der Waals surface area contributed by atoms with E-state index in [-0.39, 0.29) is 24.0 Å². The van der Waals surface area contributed by atoms with Crippen molar-refractivity contribution >= 4 is 29.9 Å². The van der Waals surface area contributed by atoms with Crippen LogP contribution in [0.1, 0.15) is 58.8 Å². The summed E-state index contributed by atoms with van der Waals surface area (Å²) in [6.07, 6.45) is 8.87. The Morgan fingerprint density at radius 2 is 1.65 bits per heavy atom. The Balaban J connectivity index is 0.00000625. The van der Waals surface area contributed by atoms with Gasteiger partial charge in [0.25, 0.3) is 0 Å². The average Bonchev–Trinajstić information content (AvgIpc) is 3.13. The van der Waals surface area contributed by atoms with Crippen molar-refractivity contribution in [3.63, 3.8) is 0 Å². The molecule has 1 saturated carbocycles. The summed E-state index contributed by atoms with van der Waals surface area (Å²) in [6.45, 7) is 10.3. The van der Waals surface area contributed by atoms with Crippen LogP contribution < -0.4 is 10.6 Å². The Morgan fingerprint density at radius 3 is 2.35 bits per heavy atom. The van der Waals surface area contributed by atoms with Gasteiger partial charge >= 0.3 is 0 Å². The van der Waals surface area contributed by atoms with E-state index in [1.54, 1.807) is 0 Å². The number of ether oxygens (including phenoxy) is 3. The Kier molecular flexibility index (Phi) is 19.5. The van der Waals surface area contributed by atoms with Gasteiger partial charge in [0.15, 0.2) is 5.96 Å². The van der Waals surface area contributed by atoms with Crippen molar-refractivity contribution in [2.24, 2.45) is 4.99 Å². The maximum absolute atomic E-state index is 5.86. The predicted molar refractivity (Wildman–Crippen MR) is 119 cm³/mol. The van der Waals surface area contributed by atoms with Crippen molar-refractivity contribution in [1.82, 2.24) is 10.6 Å². The highest BCUT2D eigenvalue weighted by Crippen LogP contribution is 2.20. The first kappa shape index (κ1) is 25.9. The first-order valence-electron chi connectivity index (χ1n) is 10.2. The molecule has 0 aliphatic heterocycles. The molecule has 2 N–H and O–H groups in total. The van der Waals surface area contributed by atoms with Gasteiger partial charge in [-0.3, -0.25) is 4.99 Å². The molecule has 0 aromatic rings. The third kappa shape index (κ3) is 15.0. The highest BCUT2D eigenvalue weighted by Gasteiger charge is 2.14. The topological polar surface area (TPSA) is 64.1 Å². The predicted octanol–water partition coefficient (Wildman–Crippen LogP) is 3.34. The van der Waals surface area contributed by atoms with Gasteiger partial charge in [-0.05, 0) is 32.6 Å². The van der Waals surface area contributed by atoms with E-state index in [1.807, 2.05) is 0 Å². The fraction of sp³-hybridized carbons (Fsp3) is 0.947. The number of guanidine groups is 1. The van der Waals surface area contributed by atoms with Gasteiger partial charge in [-0.1, -0.05) is 26.2 Å². The number of aliphatic imine (C=N–C) groups is 1. The van der Waals surface area contributed by atoms with Crippen LogP contribution in [0, 0.1) is 0 Å². The molecule has 1 aliphatic rings. The monoisotopic (exact) mass is 485 g/mol. The number of unbranched alkanes of at least 4 members (excludes halogenated alkanes) is 1. The van der Waals surface area contributed by atoms with Crippen LogP contribution in [0.5, 0.6) is 0 Å². The van der Waals surface area contributed by atoms with Crippen LogP contribution >= 0.6 is 24.0 Å². The lowest BCUT2D eigenvalue weighted by Gasteiger charge is -2.12. The average molecular weight is 485 g/mol. The number of hydrogen-bond acceptors (Lipinski definition) is 4. The Labute approximate surface area is 177 Å². The molecular formula is C19H40IN3O3. The van der Waals surface area contributed by atoms with Gasteiger partial charge < -0.3 is 24.8 Å². The zero-order valence-electron chi connectivity index (χ0n) is 16.8. The summed E-state index contributed by atoms with van der Waals surface area (Å²) in [5.74, 6) is 0.853. The molecule has 0 amide bonds. The summed E-state index contributed by atoms with van der Waals surface area (Å²) < 4.78 is 16.9. The molecule has 0 atom stereocenters. The SMILES string of the molecule is CCCCOCCOCCNC(=NCCCOC1CCCC1)NCC.I.